The standard InChI is InChI=1S/C16H25N3O3/c1-5-20-16(21-6-2)19-12-17-14-11-13(7-8-15(14)19)22-10-9-18(3)4/h7-8,11-12,16H,5-6,9-10H2,1-4H3. The molecule has 6 nitrogen and oxygen atoms in total. The van der Waals surface area contributed by atoms with Crippen LogP contribution in [0.1, 0.15) is 20.3 Å². The van der Waals surface area contributed by atoms with Crippen molar-refractivity contribution in [1.82, 2.24) is 14.5 Å². The number of likely N-dealkylation sites (N-methyl/N-ethyl adjacent to an activating group) is 1. The lowest BCUT2D eigenvalue weighted by molar-refractivity contribution is -0.184. The van der Waals surface area contributed by atoms with Crippen LogP contribution in [-0.2, 0) is 9.47 Å². The van der Waals surface area contributed by atoms with E-state index >= 15 is 0 Å². The maximum atomic E-state index is 5.74. The van der Waals surface area contributed by atoms with Crippen LogP contribution >= 0.6 is 0 Å². The number of aromatic nitrogens is 2. The van der Waals surface area contributed by atoms with Crippen LogP contribution in [0.4, 0.5) is 0 Å². The second kappa shape index (κ2) is 8.12. The first-order chi connectivity index (χ1) is 10.7. The van der Waals surface area contributed by atoms with Gasteiger partial charge in [0.1, 0.15) is 12.4 Å². The molecule has 0 aliphatic heterocycles. The molecule has 1 aromatic heterocycles. The summed E-state index contributed by atoms with van der Waals surface area (Å²) in [5.41, 5.74) is 1.83. The van der Waals surface area contributed by atoms with E-state index in [0.29, 0.717) is 19.8 Å². The summed E-state index contributed by atoms with van der Waals surface area (Å²) in [6.45, 7) is 6.58. The molecule has 122 valence electrons. The fourth-order valence-electron chi connectivity index (χ4n) is 2.11. The van der Waals surface area contributed by atoms with Crippen LogP contribution in [-0.4, -0.2) is 54.9 Å². The summed E-state index contributed by atoms with van der Waals surface area (Å²) in [6, 6.07) is 5.87. The number of fused-ring (bicyclic) bond motifs is 1. The molecule has 1 aromatic carbocycles. The van der Waals surface area contributed by atoms with Gasteiger partial charge in [-0.05, 0) is 40.1 Å². The van der Waals surface area contributed by atoms with Gasteiger partial charge < -0.3 is 19.1 Å². The summed E-state index contributed by atoms with van der Waals surface area (Å²) in [4.78, 5) is 6.51. The molecule has 0 saturated carbocycles. The van der Waals surface area contributed by atoms with Gasteiger partial charge in [-0.1, -0.05) is 0 Å². The molecular formula is C16H25N3O3. The smallest absolute Gasteiger partial charge is 0.245 e. The average molecular weight is 307 g/mol. The molecule has 1 heterocycles. The number of hydrogen-bond donors (Lipinski definition) is 0. The van der Waals surface area contributed by atoms with Crippen LogP contribution in [0, 0.1) is 0 Å². The molecule has 0 radical (unpaired) electrons. The quantitative estimate of drug-likeness (QED) is 0.666. The second-order valence-corrected chi connectivity index (χ2v) is 5.17. The predicted molar refractivity (Wildman–Crippen MR) is 86.1 cm³/mol. The van der Waals surface area contributed by atoms with E-state index in [4.69, 9.17) is 14.2 Å². The van der Waals surface area contributed by atoms with Gasteiger partial charge in [-0.3, -0.25) is 4.57 Å². The molecule has 0 fully saturated rings. The Bertz CT molecular complexity index is 577. The third kappa shape index (κ3) is 4.19. The molecular weight excluding hydrogens is 282 g/mol. The van der Waals surface area contributed by atoms with Gasteiger partial charge >= 0.3 is 0 Å². The van der Waals surface area contributed by atoms with Crippen molar-refractivity contribution in [3.05, 3.63) is 24.5 Å². The zero-order chi connectivity index (χ0) is 15.9. The Morgan fingerprint density at radius 2 is 1.91 bits per heavy atom. The number of rotatable bonds is 9. The Morgan fingerprint density at radius 1 is 1.18 bits per heavy atom. The number of benzene rings is 1. The molecule has 2 aromatic rings. The molecule has 0 aliphatic rings. The normalized spacial score (nSPS) is 11.7. The van der Waals surface area contributed by atoms with E-state index in [1.54, 1.807) is 6.33 Å². The molecule has 0 spiro atoms. The van der Waals surface area contributed by atoms with Gasteiger partial charge in [0.2, 0.25) is 6.41 Å². The summed E-state index contributed by atoms with van der Waals surface area (Å²) >= 11 is 0. The highest BCUT2D eigenvalue weighted by atomic mass is 16.7. The Balaban J connectivity index is 2.15. The molecule has 0 saturated heterocycles. The SMILES string of the molecule is CCOC(OCC)n1cnc2cc(OCCN(C)C)ccc21. The average Bonchev–Trinajstić information content (AvgIpc) is 2.89. The molecule has 6 heteroatoms. The Morgan fingerprint density at radius 3 is 2.55 bits per heavy atom. The molecule has 22 heavy (non-hydrogen) atoms. The molecule has 2 rings (SSSR count). The maximum absolute atomic E-state index is 5.74. The van der Waals surface area contributed by atoms with Crippen LogP contribution in [0.3, 0.4) is 0 Å². The van der Waals surface area contributed by atoms with Crippen molar-refractivity contribution in [3.8, 4) is 5.75 Å². The highest BCUT2D eigenvalue weighted by Crippen LogP contribution is 2.23. The van der Waals surface area contributed by atoms with E-state index in [9.17, 15) is 0 Å². The third-order valence-corrected chi connectivity index (χ3v) is 3.20. The number of hydrogen-bond acceptors (Lipinski definition) is 5. The number of nitrogens with zero attached hydrogens (tertiary/aromatic N) is 3. The fraction of sp³-hybridized carbons (Fsp3) is 0.562. The van der Waals surface area contributed by atoms with Crippen LogP contribution in [0.25, 0.3) is 11.0 Å². The summed E-state index contributed by atoms with van der Waals surface area (Å²) < 4.78 is 18.9. The van der Waals surface area contributed by atoms with Crippen LogP contribution in [0.5, 0.6) is 5.75 Å². The van der Waals surface area contributed by atoms with Gasteiger partial charge in [0.15, 0.2) is 0 Å². The van der Waals surface area contributed by atoms with Gasteiger partial charge in [0.25, 0.3) is 0 Å². The topological polar surface area (TPSA) is 48.8 Å². The summed E-state index contributed by atoms with van der Waals surface area (Å²) in [5, 5.41) is 0. The van der Waals surface area contributed by atoms with Gasteiger partial charge in [0, 0.05) is 25.8 Å². The molecule has 0 N–H and O–H groups in total. The van der Waals surface area contributed by atoms with E-state index in [-0.39, 0.29) is 0 Å². The van der Waals surface area contributed by atoms with Gasteiger partial charge in [-0.2, -0.15) is 0 Å². The lowest BCUT2D eigenvalue weighted by Crippen LogP contribution is -2.19. The van der Waals surface area contributed by atoms with E-state index in [1.165, 1.54) is 0 Å². The highest BCUT2D eigenvalue weighted by Gasteiger charge is 2.14. The van der Waals surface area contributed by atoms with Crippen LogP contribution in [0.2, 0.25) is 0 Å². The van der Waals surface area contributed by atoms with E-state index in [0.717, 1.165) is 23.3 Å². The van der Waals surface area contributed by atoms with Crippen molar-refractivity contribution in [2.75, 3.05) is 40.5 Å². The molecule has 0 atom stereocenters. The van der Waals surface area contributed by atoms with Crippen molar-refractivity contribution >= 4 is 11.0 Å². The van der Waals surface area contributed by atoms with Crippen molar-refractivity contribution in [3.63, 3.8) is 0 Å². The fourth-order valence-corrected chi connectivity index (χ4v) is 2.11. The van der Waals surface area contributed by atoms with Crippen molar-refractivity contribution in [1.29, 1.82) is 0 Å². The first-order valence-corrected chi connectivity index (χ1v) is 7.63. The summed E-state index contributed by atoms with van der Waals surface area (Å²) in [6.07, 6.45) is 1.30. The Hall–Kier alpha value is -1.63. The Labute approximate surface area is 131 Å². The minimum atomic E-state index is -0.444. The van der Waals surface area contributed by atoms with E-state index < -0.39 is 6.41 Å². The first kappa shape index (κ1) is 16.7. The van der Waals surface area contributed by atoms with Crippen LogP contribution in [0.15, 0.2) is 24.5 Å². The summed E-state index contributed by atoms with van der Waals surface area (Å²) in [7, 11) is 4.05. The zero-order valence-electron chi connectivity index (χ0n) is 13.8. The minimum absolute atomic E-state index is 0.444. The van der Waals surface area contributed by atoms with Crippen LogP contribution < -0.4 is 4.74 Å². The molecule has 0 unspecified atom stereocenters. The predicted octanol–water partition coefficient (Wildman–Crippen LogP) is 2.51. The first-order valence-electron chi connectivity index (χ1n) is 7.63. The molecule has 0 amide bonds. The van der Waals surface area contributed by atoms with E-state index in [2.05, 4.69) is 9.88 Å². The van der Waals surface area contributed by atoms with Crippen molar-refractivity contribution in [2.45, 2.75) is 20.3 Å². The van der Waals surface area contributed by atoms with Gasteiger partial charge in [-0.25, -0.2) is 4.98 Å². The van der Waals surface area contributed by atoms with E-state index in [1.807, 2.05) is 50.7 Å². The lowest BCUT2D eigenvalue weighted by Gasteiger charge is -2.18. The Kier molecular flexibility index (Phi) is 6.18. The van der Waals surface area contributed by atoms with Gasteiger partial charge in [0.05, 0.1) is 17.4 Å². The largest absolute Gasteiger partial charge is 0.492 e. The number of ether oxygens (including phenoxy) is 3. The second-order valence-electron chi connectivity index (χ2n) is 5.17. The third-order valence-electron chi connectivity index (χ3n) is 3.20. The zero-order valence-corrected chi connectivity index (χ0v) is 13.8. The number of imidazole rings is 1. The molecule has 0 bridgehead atoms. The van der Waals surface area contributed by atoms with Crippen molar-refractivity contribution in [2.24, 2.45) is 0 Å². The summed E-state index contributed by atoms with van der Waals surface area (Å²) in [5.74, 6) is 0.823. The highest BCUT2D eigenvalue weighted by molar-refractivity contribution is 5.77. The monoisotopic (exact) mass is 307 g/mol. The van der Waals surface area contributed by atoms with Gasteiger partial charge in [-0.15, -0.1) is 0 Å². The van der Waals surface area contributed by atoms with Crippen molar-refractivity contribution < 1.29 is 14.2 Å². The molecule has 0 aliphatic carbocycles. The lowest BCUT2D eigenvalue weighted by atomic mass is 10.3. The minimum Gasteiger partial charge on any atom is -0.492 e. The maximum Gasteiger partial charge on any atom is 0.245 e.